The molecule has 19 heavy (non-hydrogen) atoms. The van der Waals surface area contributed by atoms with E-state index in [0.29, 0.717) is 5.92 Å². The predicted octanol–water partition coefficient (Wildman–Crippen LogP) is 2.51. The summed E-state index contributed by atoms with van der Waals surface area (Å²) in [6.45, 7) is 4.28. The Morgan fingerprint density at radius 1 is 1.26 bits per heavy atom. The number of anilines is 1. The van der Waals surface area contributed by atoms with Gasteiger partial charge in [0.2, 0.25) is 0 Å². The van der Waals surface area contributed by atoms with Crippen LogP contribution in [0.4, 0.5) is 5.69 Å². The molecular weight excluding hydrogens is 236 g/mol. The normalized spacial score (nSPS) is 16.8. The molecule has 2 aromatic heterocycles. The summed E-state index contributed by atoms with van der Waals surface area (Å²) in [6.07, 6.45) is 8.46. The number of nitrogens with zero attached hydrogens (tertiary/aromatic N) is 4. The lowest BCUT2D eigenvalue weighted by Gasteiger charge is -2.33. The maximum absolute atomic E-state index is 4.28. The topological polar surface area (TPSA) is 34.0 Å². The molecule has 3 rings (SSSR count). The van der Waals surface area contributed by atoms with E-state index in [-0.39, 0.29) is 0 Å². The molecule has 0 radical (unpaired) electrons. The zero-order valence-corrected chi connectivity index (χ0v) is 11.6. The van der Waals surface area contributed by atoms with Crippen molar-refractivity contribution in [2.75, 3.05) is 18.0 Å². The predicted molar refractivity (Wildman–Crippen MR) is 76.4 cm³/mol. The molecule has 0 spiro atoms. The summed E-state index contributed by atoms with van der Waals surface area (Å²) in [5.74, 6) is 0.660. The van der Waals surface area contributed by atoms with E-state index in [2.05, 4.69) is 33.3 Å². The lowest BCUT2D eigenvalue weighted by atomic mass is 9.91. The summed E-state index contributed by atoms with van der Waals surface area (Å²) in [5, 5.41) is 4.28. The van der Waals surface area contributed by atoms with Crippen LogP contribution in [0.25, 0.3) is 0 Å². The third kappa shape index (κ3) is 2.62. The molecule has 0 amide bonds. The van der Waals surface area contributed by atoms with Crippen molar-refractivity contribution in [3.63, 3.8) is 0 Å². The Balaban J connectivity index is 1.66. The van der Waals surface area contributed by atoms with Crippen LogP contribution in [0.5, 0.6) is 0 Å². The highest BCUT2D eigenvalue weighted by atomic mass is 15.2. The molecule has 0 bridgehead atoms. The fourth-order valence-electron chi connectivity index (χ4n) is 2.85. The van der Waals surface area contributed by atoms with Gasteiger partial charge in [0.25, 0.3) is 0 Å². The lowest BCUT2D eigenvalue weighted by molar-refractivity contribution is 0.505. The van der Waals surface area contributed by atoms with E-state index < -0.39 is 0 Å². The van der Waals surface area contributed by atoms with Crippen LogP contribution in [0, 0.1) is 6.92 Å². The van der Waals surface area contributed by atoms with Crippen molar-refractivity contribution in [3.05, 3.63) is 42.0 Å². The fourth-order valence-corrected chi connectivity index (χ4v) is 2.85. The van der Waals surface area contributed by atoms with Gasteiger partial charge in [-0.3, -0.25) is 9.67 Å². The molecule has 1 aliphatic rings. The summed E-state index contributed by atoms with van der Waals surface area (Å²) in [6, 6.07) is 4.28. The summed E-state index contributed by atoms with van der Waals surface area (Å²) < 4.78 is 1.90. The van der Waals surface area contributed by atoms with Crippen LogP contribution < -0.4 is 4.90 Å². The molecule has 2 aromatic rings. The second kappa shape index (κ2) is 5.03. The first-order valence-corrected chi connectivity index (χ1v) is 6.88. The first-order valence-electron chi connectivity index (χ1n) is 6.88. The number of rotatable bonds is 2. The number of hydrogen-bond donors (Lipinski definition) is 0. The minimum absolute atomic E-state index is 0.660. The smallest absolute Gasteiger partial charge is 0.0524 e. The van der Waals surface area contributed by atoms with Gasteiger partial charge in [0, 0.05) is 43.9 Å². The van der Waals surface area contributed by atoms with Crippen LogP contribution in [-0.4, -0.2) is 27.9 Å². The molecule has 0 unspecified atom stereocenters. The monoisotopic (exact) mass is 256 g/mol. The molecule has 3 heterocycles. The molecule has 0 saturated carbocycles. The molecule has 1 saturated heterocycles. The highest BCUT2D eigenvalue weighted by Gasteiger charge is 2.21. The first kappa shape index (κ1) is 12.2. The summed E-state index contributed by atoms with van der Waals surface area (Å²) in [4.78, 5) is 6.72. The van der Waals surface area contributed by atoms with Gasteiger partial charge < -0.3 is 4.90 Å². The maximum Gasteiger partial charge on any atom is 0.0524 e. The van der Waals surface area contributed by atoms with Crippen LogP contribution in [-0.2, 0) is 7.05 Å². The van der Waals surface area contributed by atoms with Gasteiger partial charge in [-0.15, -0.1) is 0 Å². The Morgan fingerprint density at radius 3 is 2.68 bits per heavy atom. The molecular formula is C15H20N4. The average molecular weight is 256 g/mol. The quantitative estimate of drug-likeness (QED) is 0.828. The SMILES string of the molecule is Cc1cc(N2CCC(c3cnn(C)c3)CC2)ccn1. The van der Waals surface area contributed by atoms with E-state index in [0.717, 1.165) is 18.8 Å². The van der Waals surface area contributed by atoms with Gasteiger partial charge >= 0.3 is 0 Å². The largest absolute Gasteiger partial charge is 0.371 e. The Kier molecular flexibility index (Phi) is 3.23. The van der Waals surface area contributed by atoms with Gasteiger partial charge in [0.15, 0.2) is 0 Å². The number of hydrogen-bond acceptors (Lipinski definition) is 3. The van der Waals surface area contributed by atoms with Gasteiger partial charge in [-0.25, -0.2) is 0 Å². The van der Waals surface area contributed by atoms with E-state index in [4.69, 9.17) is 0 Å². The second-order valence-corrected chi connectivity index (χ2v) is 5.36. The van der Waals surface area contributed by atoms with Crippen LogP contribution in [0.1, 0.15) is 30.0 Å². The second-order valence-electron chi connectivity index (χ2n) is 5.36. The first-order chi connectivity index (χ1) is 9.22. The molecule has 1 fully saturated rings. The van der Waals surface area contributed by atoms with Crippen LogP contribution in [0.3, 0.4) is 0 Å². The molecule has 1 aliphatic heterocycles. The standard InChI is InChI=1S/C15H20N4/c1-12-9-15(3-6-16-12)19-7-4-13(5-8-19)14-10-17-18(2)11-14/h3,6,9-11,13H,4-5,7-8H2,1-2H3. The summed E-state index contributed by atoms with van der Waals surface area (Å²) in [7, 11) is 1.98. The highest BCUT2D eigenvalue weighted by molar-refractivity contribution is 5.47. The number of piperidine rings is 1. The van der Waals surface area contributed by atoms with Gasteiger partial charge in [0.05, 0.1) is 6.20 Å². The van der Waals surface area contributed by atoms with E-state index >= 15 is 0 Å². The fraction of sp³-hybridized carbons (Fsp3) is 0.467. The van der Waals surface area contributed by atoms with E-state index in [9.17, 15) is 0 Å². The van der Waals surface area contributed by atoms with E-state index in [1.54, 1.807) is 0 Å². The van der Waals surface area contributed by atoms with Crippen molar-refractivity contribution >= 4 is 5.69 Å². The number of aryl methyl sites for hydroxylation is 2. The molecule has 4 heteroatoms. The van der Waals surface area contributed by atoms with Crippen LogP contribution >= 0.6 is 0 Å². The van der Waals surface area contributed by atoms with Crippen LogP contribution in [0.2, 0.25) is 0 Å². The third-order valence-electron chi connectivity index (χ3n) is 3.94. The molecule has 100 valence electrons. The maximum atomic E-state index is 4.28. The Morgan fingerprint density at radius 2 is 2.05 bits per heavy atom. The van der Waals surface area contributed by atoms with Gasteiger partial charge in [-0.1, -0.05) is 0 Å². The summed E-state index contributed by atoms with van der Waals surface area (Å²) >= 11 is 0. The minimum Gasteiger partial charge on any atom is -0.371 e. The van der Waals surface area contributed by atoms with Crippen molar-refractivity contribution < 1.29 is 0 Å². The zero-order chi connectivity index (χ0) is 13.2. The Hall–Kier alpha value is -1.84. The molecule has 0 aliphatic carbocycles. The lowest BCUT2D eigenvalue weighted by Crippen LogP contribution is -2.32. The summed E-state index contributed by atoms with van der Waals surface area (Å²) in [5.41, 5.74) is 3.78. The molecule has 0 atom stereocenters. The van der Waals surface area contributed by atoms with E-state index in [1.807, 2.05) is 31.0 Å². The van der Waals surface area contributed by atoms with Crippen molar-refractivity contribution in [2.24, 2.45) is 7.05 Å². The minimum atomic E-state index is 0.660. The van der Waals surface area contributed by atoms with Crippen molar-refractivity contribution in [1.82, 2.24) is 14.8 Å². The third-order valence-corrected chi connectivity index (χ3v) is 3.94. The van der Waals surface area contributed by atoms with E-state index in [1.165, 1.54) is 24.1 Å². The number of pyridine rings is 1. The number of aromatic nitrogens is 3. The van der Waals surface area contributed by atoms with Crippen molar-refractivity contribution in [1.29, 1.82) is 0 Å². The molecule has 0 N–H and O–H groups in total. The van der Waals surface area contributed by atoms with Gasteiger partial charge in [-0.05, 0) is 43.4 Å². The van der Waals surface area contributed by atoms with Crippen LogP contribution in [0.15, 0.2) is 30.7 Å². The van der Waals surface area contributed by atoms with Crippen molar-refractivity contribution in [2.45, 2.75) is 25.7 Å². The highest BCUT2D eigenvalue weighted by Crippen LogP contribution is 2.30. The van der Waals surface area contributed by atoms with Gasteiger partial charge in [-0.2, -0.15) is 5.10 Å². The van der Waals surface area contributed by atoms with Crippen molar-refractivity contribution in [3.8, 4) is 0 Å². The average Bonchev–Trinajstić information content (AvgIpc) is 2.86. The molecule has 0 aromatic carbocycles. The Bertz CT molecular complexity index is 553. The Labute approximate surface area is 114 Å². The van der Waals surface area contributed by atoms with Gasteiger partial charge in [0.1, 0.15) is 0 Å². The molecule has 4 nitrogen and oxygen atoms in total. The zero-order valence-electron chi connectivity index (χ0n) is 11.6.